The molecule has 8 saturated carbocycles. The Kier molecular flexibility index (Phi) is 12.8. The van der Waals surface area contributed by atoms with Crippen LogP contribution in [0.25, 0.3) is 0 Å². The normalized spacial score (nSPS) is 36.9. The van der Waals surface area contributed by atoms with Crippen LogP contribution < -0.4 is 10.6 Å². The van der Waals surface area contributed by atoms with Crippen LogP contribution in [0.5, 0.6) is 0 Å². The molecule has 292 valence electrons. The minimum atomic E-state index is -0.0650. The second-order valence-electron chi connectivity index (χ2n) is 17.7. The smallest absolute Gasteiger partial charge is 0.223 e. The van der Waals surface area contributed by atoms with Crippen LogP contribution in [0.3, 0.4) is 0 Å². The molecule has 12 nitrogen and oxygen atoms in total. The third kappa shape index (κ3) is 10.1. The van der Waals surface area contributed by atoms with Gasteiger partial charge in [-0.2, -0.15) is 0 Å². The van der Waals surface area contributed by atoms with Crippen molar-refractivity contribution < 1.29 is 38.1 Å². The van der Waals surface area contributed by atoms with E-state index in [1.165, 1.54) is 38.5 Å². The highest BCUT2D eigenvalue weighted by Gasteiger charge is 2.52. The van der Waals surface area contributed by atoms with Crippen molar-refractivity contribution in [1.82, 2.24) is 20.4 Å². The molecule has 0 unspecified atom stereocenters. The SMILES string of the molecule is O=C(CCC(=O)N1CCOCCOCCN(C(=O)CCC(=O)NC23CC4CC(CC(C4)C2)C3)CCOCCOCC1)NC12CC3CC(CC(C3)C1)C2. The van der Waals surface area contributed by atoms with Gasteiger partial charge in [0, 0.05) is 62.9 Å². The molecule has 8 bridgehead atoms. The minimum absolute atomic E-state index is 0.00304. The lowest BCUT2D eigenvalue weighted by Gasteiger charge is -2.57. The number of ether oxygens (including phenoxy) is 4. The summed E-state index contributed by atoms with van der Waals surface area (Å²) in [5.41, 5.74) is -0.0834. The average Bonchev–Trinajstić information content (AvgIpc) is 3.08. The Morgan fingerprint density at radius 1 is 0.423 bits per heavy atom. The van der Waals surface area contributed by atoms with Crippen molar-refractivity contribution in [2.24, 2.45) is 35.5 Å². The lowest BCUT2D eigenvalue weighted by Crippen LogP contribution is -2.59. The van der Waals surface area contributed by atoms with Gasteiger partial charge in [-0.15, -0.1) is 0 Å². The molecule has 1 saturated heterocycles. The van der Waals surface area contributed by atoms with Crippen molar-refractivity contribution in [3.8, 4) is 0 Å². The molecule has 8 aliphatic carbocycles. The van der Waals surface area contributed by atoms with E-state index in [2.05, 4.69) is 10.6 Å². The van der Waals surface area contributed by atoms with E-state index in [0.29, 0.717) is 79.0 Å². The van der Waals surface area contributed by atoms with Crippen molar-refractivity contribution in [1.29, 1.82) is 0 Å². The molecular weight excluding hydrogens is 664 g/mol. The van der Waals surface area contributed by atoms with Crippen LogP contribution in [0.15, 0.2) is 0 Å². The van der Waals surface area contributed by atoms with Crippen molar-refractivity contribution >= 4 is 23.6 Å². The van der Waals surface area contributed by atoms with Gasteiger partial charge in [-0.05, 0) is 113 Å². The number of carbonyl (C=O) groups is 4. The zero-order chi connectivity index (χ0) is 36.0. The molecule has 0 radical (unpaired) electrons. The molecule has 1 heterocycles. The quantitative estimate of drug-likeness (QED) is 0.388. The standard InChI is InChI=1S/C40H64N4O8/c45-35(41-39-23-29-17-30(24-39)19-31(18-29)25-39)1-3-37(47)43-5-9-49-13-15-51-11-7-44(8-12-52-16-14-50-10-6-43)38(48)4-2-36(46)42-40-26-32-20-33(27-40)22-34(21-32)28-40/h29-34H,1-28H2,(H,41,45)(H,42,46). The highest BCUT2D eigenvalue weighted by molar-refractivity contribution is 5.85. The second kappa shape index (κ2) is 17.5. The van der Waals surface area contributed by atoms with Crippen LogP contribution in [0, 0.1) is 35.5 Å². The van der Waals surface area contributed by atoms with E-state index in [1.807, 2.05) is 0 Å². The highest BCUT2D eigenvalue weighted by Crippen LogP contribution is 2.56. The van der Waals surface area contributed by atoms with Crippen molar-refractivity contribution in [2.75, 3.05) is 79.0 Å². The molecule has 0 spiro atoms. The summed E-state index contributed by atoms with van der Waals surface area (Å²) < 4.78 is 23.2. The maximum absolute atomic E-state index is 13.2. The molecule has 4 amide bonds. The molecule has 9 fully saturated rings. The fourth-order valence-corrected chi connectivity index (χ4v) is 12.1. The zero-order valence-corrected chi connectivity index (χ0v) is 31.4. The minimum Gasteiger partial charge on any atom is -0.377 e. The van der Waals surface area contributed by atoms with Gasteiger partial charge in [0.1, 0.15) is 0 Å². The molecule has 0 atom stereocenters. The number of rotatable bonds is 8. The van der Waals surface area contributed by atoms with Gasteiger partial charge in [0.15, 0.2) is 0 Å². The van der Waals surface area contributed by atoms with Gasteiger partial charge in [0.05, 0.1) is 52.9 Å². The van der Waals surface area contributed by atoms with E-state index in [1.54, 1.807) is 9.80 Å². The molecule has 9 rings (SSSR count). The van der Waals surface area contributed by atoms with Gasteiger partial charge < -0.3 is 39.4 Å². The van der Waals surface area contributed by atoms with Gasteiger partial charge in [-0.3, -0.25) is 19.2 Å². The molecule has 2 N–H and O–H groups in total. The van der Waals surface area contributed by atoms with Crippen LogP contribution in [0.1, 0.15) is 103 Å². The van der Waals surface area contributed by atoms with Gasteiger partial charge in [0.2, 0.25) is 23.6 Å². The van der Waals surface area contributed by atoms with E-state index in [0.717, 1.165) is 74.0 Å². The Labute approximate surface area is 310 Å². The predicted molar refractivity (Wildman–Crippen MR) is 193 cm³/mol. The zero-order valence-electron chi connectivity index (χ0n) is 31.4. The van der Waals surface area contributed by atoms with Gasteiger partial charge in [-0.1, -0.05) is 0 Å². The molecule has 12 heteroatoms. The first-order chi connectivity index (χ1) is 25.2. The van der Waals surface area contributed by atoms with E-state index in [-0.39, 0.29) is 60.4 Å². The Balaban J connectivity index is 0.801. The first kappa shape index (κ1) is 38.0. The van der Waals surface area contributed by atoms with Crippen LogP contribution in [0.4, 0.5) is 0 Å². The number of hydrogen-bond acceptors (Lipinski definition) is 8. The van der Waals surface area contributed by atoms with Crippen molar-refractivity contribution in [3.63, 3.8) is 0 Å². The third-order valence-electron chi connectivity index (χ3n) is 13.5. The van der Waals surface area contributed by atoms with E-state index < -0.39 is 0 Å². The lowest BCUT2D eigenvalue weighted by molar-refractivity contribution is -0.137. The molecule has 1 aliphatic heterocycles. The Hall–Kier alpha value is -2.28. The maximum Gasteiger partial charge on any atom is 0.223 e. The van der Waals surface area contributed by atoms with Crippen LogP contribution in [-0.2, 0) is 38.1 Å². The lowest BCUT2D eigenvalue weighted by atomic mass is 9.53. The molecule has 0 aromatic heterocycles. The topological polar surface area (TPSA) is 136 Å². The fraction of sp³-hybridized carbons (Fsp3) is 0.900. The molecular formula is C40H64N4O8. The monoisotopic (exact) mass is 728 g/mol. The fourth-order valence-electron chi connectivity index (χ4n) is 12.1. The Morgan fingerprint density at radius 3 is 0.962 bits per heavy atom. The van der Waals surface area contributed by atoms with Gasteiger partial charge in [0.25, 0.3) is 0 Å². The first-order valence-corrected chi connectivity index (χ1v) is 20.7. The second-order valence-corrected chi connectivity index (χ2v) is 17.7. The highest BCUT2D eigenvalue weighted by atomic mass is 16.5. The molecule has 0 aromatic rings. The summed E-state index contributed by atoms with van der Waals surface area (Å²) in [6.07, 6.45) is 15.3. The third-order valence-corrected chi connectivity index (χ3v) is 13.5. The Morgan fingerprint density at radius 2 is 0.692 bits per heavy atom. The van der Waals surface area contributed by atoms with Crippen LogP contribution in [-0.4, -0.2) is 124 Å². The summed E-state index contributed by atoms with van der Waals surface area (Å²) in [6, 6.07) is 0. The summed E-state index contributed by atoms with van der Waals surface area (Å²) in [6.45, 7) is 4.54. The molecule has 0 aromatic carbocycles. The van der Waals surface area contributed by atoms with Gasteiger partial charge >= 0.3 is 0 Å². The van der Waals surface area contributed by atoms with Crippen molar-refractivity contribution in [3.05, 3.63) is 0 Å². The summed E-state index contributed by atoms with van der Waals surface area (Å²) in [7, 11) is 0. The summed E-state index contributed by atoms with van der Waals surface area (Å²) >= 11 is 0. The number of carbonyl (C=O) groups excluding carboxylic acids is 4. The largest absolute Gasteiger partial charge is 0.377 e. The Bertz CT molecular complexity index is 1080. The molecule has 9 aliphatic rings. The summed E-state index contributed by atoms with van der Waals surface area (Å²) in [4.78, 5) is 56.0. The van der Waals surface area contributed by atoms with E-state index in [9.17, 15) is 19.2 Å². The average molecular weight is 729 g/mol. The number of nitrogens with zero attached hydrogens (tertiary/aromatic N) is 2. The predicted octanol–water partition coefficient (Wildman–Crippen LogP) is 3.45. The summed E-state index contributed by atoms with van der Waals surface area (Å²) in [5, 5.41) is 6.78. The van der Waals surface area contributed by atoms with Gasteiger partial charge in [-0.25, -0.2) is 0 Å². The van der Waals surface area contributed by atoms with Crippen LogP contribution in [0.2, 0.25) is 0 Å². The molecule has 52 heavy (non-hydrogen) atoms. The first-order valence-electron chi connectivity index (χ1n) is 20.7. The van der Waals surface area contributed by atoms with E-state index >= 15 is 0 Å². The number of amides is 4. The number of nitrogens with one attached hydrogen (secondary N) is 2. The summed E-state index contributed by atoms with van der Waals surface area (Å²) in [5.74, 6) is 4.40. The van der Waals surface area contributed by atoms with Crippen LogP contribution >= 0.6 is 0 Å². The van der Waals surface area contributed by atoms with Crippen molar-refractivity contribution in [2.45, 2.75) is 114 Å². The maximum atomic E-state index is 13.2. The number of hydrogen-bond donors (Lipinski definition) is 2. The van der Waals surface area contributed by atoms with E-state index in [4.69, 9.17) is 18.9 Å².